The number of carbonyl (C=O) groups is 1. The minimum absolute atomic E-state index is 0.0330. The molecular weight excluding hydrogens is 186 g/mol. The third kappa shape index (κ3) is 1.82. The second-order valence-corrected chi connectivity index (χ2v) is 4.45. The van der Waals surface area contributed by atoms with Gasteiger partial charge in [-0.25, -0.2) is 0 Å². The van der Waals surface area contributed by atoms with E-state index in [4.69, 9.17) is 0 Å². The molecule has 0 saturated heterocycles. The largest absolute Gasteiger partial charge is 0.298 e. The molecule has 1 aliphatic rings. The molecule has 15 heavy (non-hydrogen) atoms. The van der Waals surface area contributed by atoms with Gasteiger partial charge in [0.15, 0.2) is 5.78 Å². The van der Waals surface area contributed by atoms with Gasteiger partial charge < -0.3 is 0 Å². The van der Waals surface area contributed by atoms with Crippen LogP contribution in [0.1, 0.15) is 29.7 Å². The first-order valence-electron chi connectivity index (χ1n) is 5.39. The number of ketones is 1. The lowest BCUT2D eigenvalue weighted by Gasteiger charge is -2.33. The van der Waals surface area contributed by atoms with Crippen molar-refractivity contribution in [3.05, 3.63) is 34.9 Å². The molecule has 2 heteroatoms. The van der Waals surface area contributed by atoms with Crippen molar-refractivity contribution >= 4 is 5.78 Å². The quantitative estimate of drug-likeness (QED) is 0.696. The standard InChI is InChI=1S/C13H17NO/c1-9-4-5-12-11(8-9)6-7-14(3)13(12)10(2)15/h4-5,8,13H,6-7H2,1-3H3. The first kappa shape index (κ1) is 10.4. The van der Waals surface area contributed by atoms with Crippen LogP contribution in [0.4, 0.5) is 0 Å². The van der Waals surface area contributed by atoms with Gasteiger partial charge in [0.2, 0.25) is 0 Å². The molecule has 1 aliphatic heterocycles. The van der Waals surface area contributed by atoms with E-state index in [1.165, 1.54) is 16.7 Å². The Hall–Kier alpha value is -1.15. The average Bonchev–Trinajstić information content (AvgIpc) is 2.17. The number of carbonyl (C=O) groups excluding carboxylic acids is 1. The SMILES string of the molecule is CC(=O)C1c2ccc(C)cc2CCN1C. The highest BCUT2D eigenvalue weighted by molar-refractivity contribution is 5.83. The number of likely N-dealkylation sites (N-methyl/N-ethyl adjacent to an activating group) is 1. The Balaban J connectivity index is 2.48. The van der Waals surface area contributed by atoms with E-state index in [9.17, 15) is 4.79 Å². The van der Waals surface area contributed by atoms with Crippen molar-refractivity contribution in [1.29, 1.82) is 0 Å². The lowest BCUT2D eigenvalue weighted by molar-refractivity contribution is -0.122. The van der Waals surface area contributed by atoms with Gasteiger partial charge in [0.1, 0.15) is 0 Å². The van der Waals surface area contributed by atoms with Crippen molar-refractivity contribution in [3.63, 3.8) is 0 Å². The molecule has 0 fully saturated rings. The molecule has 2 rings (SSSR count). The van der Waals surface area contributed by atoms with Gasteiger partial charge in [-0.1, -0.05) is 23.8 Å². The maximum atomic E-state index is 11.6. The van der Waals surface area contributed by atoms with E-state index in [1.54, 1.807) is 6.92 Å². The van der Waals surface area contributed by atoms with Crippen LogP contribution in [0.5, 0.6) is 0 Å². The molecule has 1 atom stereocenters. The van der Waals surface area contributed by atoms with Crippen molar-refractivity contribution in [3.8, 4) is 0 Å². The molecule has 0 bridgehead atoms. The zero-order valence-electron chi connectivity index (χ0n) is 9.58. The Morgan fingerprint density at radius 3 is 2.87 bits per heavy atom. The van der Waals surface area contributed by atoms with Crippen molar-refractivity contribution in [2.45, 2.75) is 26.3 Å². The summed E-state index contributed by atoms with van der Waals surface area (Å²) in [5.74, 6) is 0.238. The first-order chi connectivity index (χ1) is 7.09. The van der Waals surface area contributed by atoms with Crippen LogP contribution >= 0.6 is 0 Å². The van der Waals surface area contributed by atoms with Crippen LogP contribution in [0, 0.1) is 6.92 Å². The Bertz CT molecular complexity index is 398. The Morgan fingerprint density at radius 2 is 2.20 bits per heavy atom. The normalized spacial score (nSPS) is 21.1. The molecule has 1 unspecified atom stereocenters. The van der Waals surface area contributed by atoms with Crippen LogP contribution in [-0.2, 0) is 11.2 Å². The predicted molar refractivity (Wildman–Crippen MR) is 60.9 cm³/mol. The smallest absolute Gasteiger partial charge is 0.151 e. The maximum Gasteiger partial charge on any atom is 0.151 e. The topological polar surface area (TPSA) is 20.3 Å². The summed E-state index contributed by atoms with van der Waals surface area (Å²) in [7, 11) is 2.02. The molecule has 0 radical (unpaired) electrons. The fourth-order valence-corrected chi connectivity index (χ4v) is 2.41. The van der Waals surface area contributed by atoms with Crippen LogP contribution in [0.3, 0.4) is 0 Å². The molecule has 2 nitrogen and oxygen atoms in total. The molecule has 0 aromatic heterocycles. The fourth-order valence-electron chi connectivity index (χ4n) is 2.41. The second-order valence-electron chi connectivity index (χ2n) is 4.45. The first-order valence-corrected chi connectivity index (χ1v) is 5.39. The lowest BCUT2D eigenvalue weighted by atomic mass is 9.90. The number of nitrogens with zero attached hydrogens (tertiary/aromatic N) is 1. The maximum absolute atomic E-state index is 11.6. The molecule has 1 aromatic rings. The second kappa shape index (κ2) is 3.78. The van der Waals surface area contributed by atoms with E-state index < -0.39 is 0 Å². The summed E-state index contributed by atoms with van der Waals surface area (Å²) in [6.07, 6.45) is 1.05. The van der Waals surface area contributed by atoms with E-state index in [1.807, 2.05) is 7.05 Å². The third-order valence-electron chi connectivity index (χ3n) is 3.15. The number of Topliss-reactive ketones (excluding diaryl/α,β-unsaturated/α-hetero) is 1. The van der Waals surface area contributed by atoms with Gasteiger partial charge in [-0.3, -0.25) is 9.69 Å². The number of hydrogen-bond acceptors (Lipinski definition) is 2. The summed E-state index contributed by atoms with van der Waals surface area (Å²) >= 11 is 0. The Labute approximate surface area is 90.9 Å². The van der Waals surface area contributed by atoms with E-state index in [2.05, 4.69) is 30.0 Å². The van der Waals surface area contributed by atoms with Crippen molar-refractivity contribution in [1.82, 2.24) is 4.90 Å². The zero-order chi connectivity index (χ0) is 11.0. The van der Waals surface area contributed by atoms with Crippen molar-refractivity contribution in [2.75, 3.05) is 13.6 Å². The molecule has 80 valence electrons. The number of rotatable bonds is 1. The van der Waals surface area contributed by atoms with Crippen LogP contribution in [-0.4, -0.2) is 24.3 Å². The summed E-state index contributed by atoms with van der Waals surface area (Å²) in [5, 5.41) is 0. The lowest BCUT2D eigenvalue weighted by Crippen LogP contribution is -2.35. The summed E-state index contributed by atoms with van der Waals surface area (Å²) in [6, 6.07) is 6.37. The van der Waals surface area contributed by atoms with Crippen molar-refractivity contribution < 1.29 is 4.79 Å². The number of fused-ring (bicyclic) bond motifs is 1. The monoisotopic (exact) mass is 203 g/mol. The van der Waals surface area contributed by atoms with Gasteiger partial charge in [0.25, 0.3) is 0 Å². The number of hydrogen-bond donors (Lipinski definition) is 0. The van der Waals surface area contributed by atoms with Crippen LogP contribution in [0.25, 0.3) is 0 Å². The molecule has 0 N–H and O–H groups in total. The molecular formula is C13H17NO. The van der Waals surface area contributed by atoms with Gasteiger partial charge in [0, 0.05) is 6.54 Å². The van der Waals surface area contributed by atoms with E-state index in [0.29, 0.717) is 0 Å². The molecule has 0 spiro atoms. The fraction of sp³-hybridized carbons (Fsp3) is 0.462. The van der Waals surface area contributed by atoms with Crippen LogP contribution in [0.2, 0.25) is 0 Å². The number of aryl methyl sites for hydroxylation is 1. The Morgan fingerprint density at radius 1 is 1.47 bits per heavy atom. The molecule has 0 aliphatic carbocycles. The summed E-state index contributed by atoms with van der Waals surface area (Å²) < 4.78 is 0. The average molecular weight is 203 g/mol. The molecule has 0 amide bonds. The summed E-state index contributed by atoms with van der Waals surface area (Å²) in [6.45, 7) is 4.75. The van der Waals surface area contributed by atoms with Gasteiger partial charge in [-0.05, 0) is 38.4 Å². The van der Waals surface area contributed by atoms with Crippen molar-refractivity contribution in [2.24, 2.45) is 0 Å². The van der Waals surface area contributed by atoms with Crippen LogP contribution in [0.15, 0.2) is 18.2 Å². The van der Waals surface area contributed by atoms with Gasteiger partial charge >= 0.3 is 0 Å². The highest BCUT2D eigenvalue weighted by Crippen LogP contribution is 2.29. The minimum atomic E-state index is -0.0330. The Kier molecular flexibility index (Phi) is 2.61. The highest BCUT2D eigenvalue weighted by atomic mass is 16.1. The molecule has 1 aromatic carbocycles. The van der Waals surface area contributed by atoms with E-state index in [0.717, 1.165) is 13.0 Å². The molecule has 0 saturated carbocycles. The third-order valence-corrected chi connectivity index (χ3v) is 3.15. The zero-order valence-corrected chi connectivity index (χ0v) is 9.58. The molecule has 1 heterocycles. The van der Waals surface area contributed by atoms with E-state index in [-0.39, 0.29) is 11.8 Å². The minimum Gasteiger partial charge on any atom is -0.298 e. The van der Waals surface area contributed by atoms with Gasteiger partial charge in [-0.15, -0.1) is 0 Å². The van der Waals surface area contributed by atoms with E-state index >= 15 is 0 Å². The summed E-state index contributed by atoms with van der Waals surface area (Å²) in [4.78, 5) is 13.8. The highest BCUT2D eigenvalue weighted by Gasteiger charge is 2.27. The van der Waals surface area contributed by atoms with Gasteiger partial charge in [0.05, 0.1) is 6.04 Å². The predicted octanol–water partition coefficient (Wildman–Crippen LogP) is 2.11. The number of benzene rings is 1. The van der Waals surface area contributed by atoms with Crippen LogP contribution < -0.4 is 0 Å². The van der Waals surface area contributed by atoms with Gasteiger partial charge in [-0.2, -0.15) is 0 Å². The summed E-state index contributed by atoms with van der Waals surface area (Å²) in [5.41, 5.74) is 3.82.